The Kier molecular flexibility index (Phi) is 11.8. The van der Waals surface area contributed by atoms with E-state index in [0.717, 1.165) is 67.7 Å². The van der Waals surface area contributed by atoms with Gasteiger partial charge in [0.1, 0.15) is 37.9 Å². The Hall–Kier alpha value is -6.57. The Labute approximate surface area is 292 Å². The van der Waals surface area contributed by atoms with Gasteiger partial charge in [0.15, 0.2) is 0 Å². The van der Waals surface area contributed by atoms with Gasteiger partial charge >= 0.3 is 11.9 Å². The lowest BCUT2D eigenvalue weighted by molar-refractivity contribution is -0.139. The normalized spacial score (nSPS) is 10.1. The minimum absolute atomic E-state index is 0.154. The molecule has 0 spiro atoms. The molecule has 0 saturated heterocycles. The largest absolute Gasteiger partial charge is 0.490 e. The topological polar surface area (TPSA) is 84.0 Å². The molecule has 0 N–H and O–H groups in total. The highest BCUT2D eigenvalue weighted by atomic mass is 16.6. The molecule has 0 aliphatic heterocycles. The van der Waals surface area contributed by atoms with Gasteiger partial charge < -0.3 is 18.9 Å². The van der Waals surface area contributed by atoms with E-state index in [4.69, 9.17) is 23.9 Å². The van der Waals surface area contributed by atoms with Crippen molar-refractivity contribution in [2.24, 2.45) is 0 Å². The molecule has 0 aliphatic rings. The molecule has 0 amide bonds. The van der Waals surface area contributed by atoms with E-state index in [1.165, 1.54) is 0 Å². The lowest BCUT2D eigenvalue weighted by Crippen LogP contribution is -2.10. The van der Waals surface area contributed by atoms with E-state index in [2.05, 4.69) is 75.0 Å². The van der Waals surface area contributed by atoms with Crippen LogP contribution in [0.1, 0.15) is 33.4 Å². The zero-order chi connectivity index (χ0) is 35.3. The highest BCUT2D eigenvalue weighted by Gasteiger charge is 2.10. The quantitative estimate of drug-likeness (QED) is 0.0626. The maximum Gasteiger partial charge on any atom is 0.330 e. The molecule has 0 bridgehead atoms. The summed E-state index contributed by atoms with van der Waals surface area (Å²) in [6, 6.07) is 29.3. The predicted molar refractivity (Wildman–Crippen MR) is 195 cm³/mol. The van der Waals surface area contributed by atoms with Crippen molar-refractivity contribution >= 4 is 22.8 Å². The van der Waals surface area contributed by atoms with Crippen molar-refractivity contribution in [1.82, 2.24) is 4.98 Å². The van der Waals surface area contributed by atoms with E-state index in [1.54, 1.807) is 0 Å². The number of benzene rings is 4. The third-order valence-electron chi connectivity index (χ3n) is 7.42. The number of rotatable bonds is 11. The summed E-state index contributed by atoms with van der Waals surface area (Å²) in [7, 11) is 0. The van der Waals surface area contributed by atoms with Gasteiger partial charge in [0.25, 0.3) is 0 Å². The van der Waals surface area contributed by atoms with Crippen LogP contribution >= 0.6 is 0 Å². The fraction of sp³-hybridized carbons (Fsp3) is 0.140. The van der Waals surface area contributed by atoms with Crippen molar-refractivity contribution < 1.29 is 28.5 Å². The average molecular weight is 662 g/mol. The Morgan fingerprint density at radius 1 is 0.600 bits per heavy atom. The molecule has 5 aromatic rings. The number of aryl methyl sites for hydroxylation is 2. The van der Waals surface area contributed by atoms with E-state index >= 15 is 0 Å². The lowest BCUT2D eigenvalue weighted by atomic mass is 9.98. The SMILES string of the molecule is C=CC(=O)OCCOc1ccc(C#Cc2ccc(-c3nc4ccc(C#Cc5ccc(OCCOC(=O)C=C)cc5)cc4cc3C)c(C)c2)cc1. The van der Waals surface area contributed by atoms with Gasteiger partial charge in [-0.15, -0.1) is 0 Å². The number of aromatic nitrogens is 1. The van der Waals surface area contributed by atoms with Crippen LogP contribution in [-0.2, 0) is 19.1 Å². The van der Waals surface area contributed by atoms with Crippen LogP contribution < -0.4 is 9.47 Å². The van der Waals surface area contributed by atoms with Crippen LogP contribution in [0.25, 0.3) is 22.2 Å². The molecule has 7 heteroatoms. The van der Waals surface area contributed by atoms with Crippen LogP contribution in [0.3, 0.4) is 0 Å². The summed E-state index contributed by atoms with van der Waals surface area (Å²) in [6.45, 7) is 11.7. The first-order valence-electron chi connectivity index (χ1n) is 15.9. The number of ether oxygens (including phenoxy) is 4. The lowest BCUT2D eigenvalue weighted by Gasteiger charge is -2.11. The van der Waals surface area contributed by atoms with Gasteiger partial charge in [-0.3, -0.25) is 0 Å². The minimum atomic E-state index is -0.473. The fourth-order valence-electron chi connectivity index (χ4n) is 4.92. The van der Waals surface area contributed by atoms with E-state index in [-0.39, 0.29) is 26.4 Å². The zero-order valence-electron chi connectivity index (χ0n) is 28.0. The summed E-state index contributed by atoms with van der Waals surface area (Å²) in [5.74, 6) is 13.3. The molecule has 0 aliphatic carbocycles. The summed E-state index contributed by atoms with van der Waals surface area (Å²) >= 11 is 0. The Morgan fingerprint density at radius 2 is 1.08 bits per heavy atom. The van der Waals surface area contributed by atoms with E-state index in [0.29, 0.717) is 11.5 Å². The first-order valence-corrected chi connectivity index (χ1v) is 15.9. The van der Waals surface area contributed by atoms with Crippen LogP contribution in [0, 0.1) is 37.5 Å². The summed E-state index contributed by atoms with van der Waals surface area (Å²) in [5, 5.41) is 1.02. The standard InChI is InChI=1S/C43H35NO6/c1-5-41(45)49-25-23-47-37-17-11-32(12-18-37)7-9-34-15-21-39(30(3)27-34)43-31(4)28-36-29-35(16-22-40(36)44-43)10-8-33-13-19-38(20-14-33)48-24-26-50-42(46)6-2/h5-6,11-22,27-29H,1-2,23-26H2,3-4H3. The minimum Gasteiger partial charge on any atom is -0.490 e. The number of carbonyl (C=O) groups excluding carboxylic acids is 2. The molecule has 0 unspecified atom stereocenters. The second-order valence-corrected chi connectivity index (χ2v) is 11.1. The molecule has 248 valence electrons. The second-order valence-electron chi connectivity index (χ2n) is 11.1. The average Bonchev–Trinajstić information content (AvgIpc) is 3.14. The van der Waals surface area contributed by atoms with Crippen molar-refractivity contribution in [3.8, 4) is 46.4 Å². The molecule has 0 atom stereocenters. The highest BCUT2D eigenvalue weighted by Crippen LogP contribution is 2.29. The summed E-state index contributed by atoms with van der Waals surface area (Å²) < 4.78 is 21.0. The van der Waals surface area contributed by atoms with E-state index in [9.17, 15) is 9.59 Å². The number of hydrogen-bond donors (Lipinski definition) is 0. The van der Waals surface area contributed by atoms with Crippen LogP contribution in [0.15, 0.2) is 116 Å². The Bertz CT molecular complexity index is 2160. The van der Waals surface area contributed by atoms with Crippen molar-refractivity contribution in [1.29, 1.82) is 0 Å². The molecule has 4 aromatic carbocycles. The van der Waals surface area contributed by atoms with Crippen LogP contribution in [0.2, 0.25) is 0 Å². The van der Waals surface area contributed by atoms with Gasteiger partial charge in [0.2, 0.25) is 0 Å². The fourth-order valence-corrected chi connectivity index (χ4v) is 4.92. The Balaban J connectivity index is 1.21. The molecular formula is C43H35NO6. The molecule has 0 radical (unpaired) electrons. The smallest absolute Gasteiger partial charge is 0.330 e. The van der Waals surface area contributed by atoms with Crippen LogP contribution in [-0.4, -0.2) is 43.4 Å². The van der Waals surface area contributed by atoms with E-state index in [1.807, 2.05) is 66.7 Å². The van der Waals surface area contributed by atoms with Gasteiger partial charge in [-0.1, -0.05) is 42.9 Å². The van der Waals surface area contributed by atoms with E-state index < -0.39 is 11.9 Å². The maximum absolute atomic E-state index is 11.1. The number of fused-ring (bicyclic) bond motifs is 1. The molecule has 5 rings (SSSR count). The summed E-state index contributed by atoms with van der Waals surface area (Å²) in [5.41, 5.74) is 8.56. The number of esters is 2. The monoisotopic (exact) mass is 661 g/mol. The van der Waals surface area contributed by atoms with Gasteiger partial charge in [0, 0.05) is 45.4 Å². The van der Waals surface area contributed by atoms with Crippen LogP contribution in [0.5, 0.6) is 11.5 Å². The van der Waals surface area contributed by atoms with Crippen molar-refractivity contribution in [3.63, 3.8) is 0 Å². The molecule has 1 heterocycles. The molecular weight excluding hydrogens is 626 g/mol. The van der Waals surface area contributed by atoms with Crippen molar-refractivity contribution in [3.05, 3.63) is 150 Å². The van der Waals surface area contributed by atoms with Gasteiger partial charge in [-0.2, -0.15) is 0 Å². The first-order chi connectivity index (χ1) is 24.3. The van der Waals surface area contributed by atoms with Gasteiger partial charge in [-0.05, 0) is 110 Å². The van der Waals surface area contributed by atoms with Gasteiger partial charge in [0.05, 0.1) is 11.2 Å². The van der Waals surface area contributed by atoms with Crippen molar-refractivity contribution in [2.45, 2.75) is 13.8 Å². The highest BCUT2D eigenvalue weighted by molar-refractivity contribution is 5.85. The zero-order valence-corrected chi connectivity index (χ0v) is 28.0. The number of pyridine rings is 1. The summed E-state index contributed by atoms with van der Waals surface area (Å²) in [4.78, 5) is 27.2. The molecule has 1 aromatic heterocycles. The number of carbonyl (C=O) groups is 2. The second kappa shape index (κ2) is 17.0. The number of hydrogen-bond acceptors (Lipinski definition) is 7. The maximum atomic E-state index is 11.1. The third-order valence-corrected chi connectivity index (χ3v) is 7.42. The molecule has 0 fully saturated rings. The third kappa shape index (κ3) is 9.73. The molecule has 50 heavy (non-hydrogen) atoms. The van der Waals surface area contributed by atoms with Gasteiger partial charge in [-0.25, -0.2) is 14.6 Å². The summed E-state index contributed by atoms with van der Waals surface area (Å²) in [6.07, 6.45) is 2.24. The molecule has 7 nitrogen and oxygen atoms in total. The number of nitrogens with zero attached hydrogens (tertiary/aromatic N) is 1. The Morgan fingerprint density at radius 3 is 1.60 bits per heavy atom. The predicted octanol–water partition coefficient (Wildman–Crippen LogP) is 7.53. The molecule has 0 saturated carbocycles. The van der Waals surface area contributed by atoms with Crippen LogP contribution in [0.4, 0.5) is 0 Å². The van der Waals surface area contributed by atoms with Crippen molar-refractivity contribution in [2.75, 3.05) is 26.4 Å². The first kappa shape index (κ1) is 34.8.